The van der Waals surface area contributed by atoms with E-state index in [1.54, 1.807) is 18.5 Å². The molecular formula is C16H23N6O3S+. The third kappa shape index (κ3) is 4.31. The normalized spacial score (nSPS) is 19.7. The highest BCUT2D eigenvalue weighted by molar-refractivity contribution is 8.14. The highest BCUT2D eigenvalue weighted by atomic mass is 32.2. The molecule has 0 unspecified atom stereocenters. The van der Waals surface area contributed by atoms with Gasteiger partial charge in [0.15, 0.2) is 6.04 Å². The standard InChI is InChI=1S/C16H22N6O3S/c1-12(14(24)17-5-6-22-13(23)11-26-16(22)25)20-7-9-21(10-8-20)15-18-3-2-4-19-15/h2-4,12H,5-11H2,1H3,(H,17,24)/p+1/t12-/m0/s1. The number of hydrogen-bond acceptors (Lipinski definition) is 7. The van der Waals surface area contributed by atoms with Crippen molar-refractivity contribution in [3.63, 3.8) is 0 Å². The molecule has 1 aromatic heterocycles. The Morgan fingerprint density at radius 1 is 1.31 bits per heavy atom. The smallest absolute Gasteiger partial charge is 0.288 e. The summed E-state index contributed by atoms with van der Waals surface area (Å²) in [6.07, 6.45) is 3.46. The molecule has 140 valence electrons. The van der Waals surface area contributed by atoms with Gasteiger partial charge in [0.2, 0.25) is 11.9 Å². The number of amides is 3. The molecule has 0 radical (unpaired) electrons. The van der Waals surface area contributed by atoms with Gasteiger partial charge >= 0.3 is 0 Å². The first-order chi connectivity index (χ1) is 12.6. The second-order valence-electron chi connectivity index (χ2n) is 6.31. The number of aromatic nitrogens is 2. The minimum atomic E-state index is -0.234. The van der Waals surface area contributed by atoms with Crippen molar-refractivity contribution in [3.05, 3.63) is 18.5 Å². The summed E-state index contributed by atoms with van der Waals surface area (Å²) in [5.74, 6) is 0.674. The Hall–Kier alpha value is -2.20. The lowest BCUT2D eigenvalue weighted by Crippen LogP contribution is -3.19. The summed E-state index contributed by atoms with van der Waals surface area (Å²) in [4.78, 5) is 48.5. The summed E-state index contributed by atoms with van der Waals surface area (Å²) in [6.45, 7) is 5.67. The molecule has 1 atom stereocenters. The summed E-state index contributed by atoms with van der Waals surface area (Å²) in [7, 11) is 0. The van der Waals surface area contributed by atoms with E-state index in [4.69, 9.17) is 0 Å². The number of nitrogens with one attached hydrogen (secondary N) is 2. The summed E-state index contributed by atoms with van der Waals surface area (Å²) in [5.41, 5.74) is 0. The van der Waals surface area contributed by atoms with Gasteiger partial charge in [-0.1, -0.05) is 11.8 Å². The number of imide groups is 1. The third-order valence-corrected chi connectivity index (χ3v) is 5.58. The van der Waals surface area contributed by atoms with Crippen molar-refractivity contribution < 1.29 is 19.3 Å². The van der Waals surface area contributed by atoms with Gasteiger partial charge in [0, 0.05) is 25.5 Å². The van der Waals surface area contributed by atoms with Crippen LogP contribution >= 0.6 is 11.8 Å². The number of hydrogen-bond donors (Lipinski definition) is 2. The Morgan fingerprint density at radius 3 is 2.62 bits per heavy atom. The van der Waals surface area contributed by atoms with Gasteiger partial charge in [-0.15, -0.1) is 0 Å². The highest BCUT2D eigenvalue weighted by Gasteiger charge is 2.31. The zero-order valence-electron chi connectivity index (χ0n) is 14.7. The largest absolute Gasteiger partial charge is 0.349 e. The fraction of sp³-hybridized carbons (Fsp3) is 0.562. The molecule has 0 spiro atoms. The molecule has 3 amide bonds. The number of carbonyl (C=O) groups excluding carboxylic acids is 3. The number of piperazine rings is 1. The van der Waals surface area contributed by atoms with Crippen LogP contribution in [0.4, 0.5) is 10.7 Å². The van der Waals surface area contributed by atoms with Crippen molar-refractivity contribution in [2.45, 2.75) is 13.0 Å². The maximum Gasteiger partial charge on any atom is 0.288 e. The Balaban J connectivity index is 1.41. The van der Waals surface area contributed by atoms with Gasteiger partial charge in [-0.05, 0) is 13.0 Å². The van der Waals surface area contributed by atoms with Gasteiger partial charge < -0.3 is 15.1 Å². The predicted octanol–water partition coefficient (Wildman–Crippen LogP) is -1.62. The molecule has 3 heterocycles. The van der Waals surface area contributed by atoms with E-state index < -0.39 is 0 Å². The molecule has 0 aromatic carbocycles. The average Bonchev–Trinajstić information content (AvgIpc) is 3.00. The Labute approximate surface area is 156 Å². The number of anilines is 1. The monoisotopic (exact) mass is 379 g/mol. The number of nitrogens with zero attached hydrogens (tertiary/aromatic N) is 4. The van der Waals surface area contributed by atoms with Crippen molar-refractivity contribution in [3.8, 4) is 0 Å². The van der Waals surface area contributed by atoms with E-state index in [1.165, 1.54) is 9.80 Å². The minimum Gasteiger partial charge on any atom is -0.349 e. The first-order valence-corrected chi connectivity index (χ1v) is 9.66. The van der Waals surface area contributed by atoms with Crippen LogP contribution in [-0.4, -0.2) is 83.0 Å². The van der Waals surface area contributed by atoms with Crippen LogP contribution in [0.25, 0.3) is 0 Å². The molecule has 0 saturated carbocycles. The SMILES string of the molecule is C[C@@H](C(=O)NCCN1C(=O)CSC1=O)[NH+]1CCN(c2ncccn2)CC1. The van der Waals surface area contributed by atoms with Crippen molar-refractivity contribution in [2.75, 3.05) is 49.9 Å². The lowest BCUT2D eigenvalue weighted by atomic mass is 10.2. The highest BCUT2D eigenvalue weighted by Crippen LogP contribution is 2.17. The molecular weight excluding hydrogens is 356 g/mol. The molecule has 26 heavy (non-hydrogen) atoms. The van der Waals surface area contributed by atoms with E-state index in [1.807, 2.05) is 6.92 Å². The molecule has 0 bridgehead atoms. The maximum absolute atomic E-state index is 12.4. The van der Waals surface area contributed by atoms with Gasteiger partial charge in [0.25, 0.3) is 11.1 Å². The van der Waals surface area contributed by atoms with Gasteiger partial charge in [-0.25, -0.2) is 9.97 Å². The minimum absolute atomic E-state index is 0.0591. The molecule has 1 aromatic rings. The average molecular weight is 379 g/mol. The topological polar surface area (TPSA) is 99.9 Å². The second kappa shape index (κ2) is 8.45. The second-order valence-corrected chi connectivity index (χ2v) is 7.23. The van der Waals surface area contributed by atoms with E-state index in [0.717, 1.165) is 43.9 Å². The van der Waals surface area contributed by atoms with Crippen LogP contribution < -0.4 is 15.1 Å². The summed E-state index contributed by atoms with van der Waals surface area (Å²) < 4.78 is 0. The van der Waals surface area contributed by atoms with Crippen LogP contribution in [0.15, 0.2) is 18.5 Å². The van der Waals surface area contributed by atoms with Crippen molar-refractivity contribution in [1.82, 2.24) is 20.2 Å². The first kappa shape index (κ1) is 18.6. The van der Waals surface area contributed by atoms with Gasteiger partial charge in [-0.2, -0.15) is 0 Å². The zero-order valence-corrected chi connectivity index (χ0v) is 15.5. The van der Waals surface area contributed by atoms with Crippen LogP contribution in [0.1, 0.15) is 6.92 Å². The molecule has 3 rings (SSSR count). The van der Waals surface area contributed by atoms with E-state index in [-0.39, 0.29) is 35.4 Å². The lowest BCUT2D eigenvalue weighted by Gasteiger charge is -2.34. The van der Waals surface area contributed by atoms with Crippen molar-refractivity contribution in [1.29, 1.82) is 0 Å². The zero-order chi connectivity index (χ0) is 18.5. The van der Waals surface area contributed by atoms with Crippen LogP contribution in [0.5, 0.6) is 0 Å². The molecule has 2 N–H and O–H groups in total. The maximum atomic E-state index is 12.4. The predicted molar refractivity (Wildman–Crippen MR) is 97.0 cm³/mol. The van der Waals surface area contributed by atoms with Crippen molar-refractivity contribution >= 4 is 34.8 Å². The molecule has 9 nitrogen and oxygen atoms in total. The summed E-state index contributed by atoms with van der Waals surface area (Å²) in [6, 6.07) is 1.60. The van der Waals surface area contributed by atoms with Crippen LogP contribution in [0, 0.1) is 0 Å². The molecule has 0 aliphatic carbocycles. The fourth-order valence-corrected chi connectivity index (χ4v) is 3.86. The quantitative estimate of drug-likeness (QED) is 0.613. The molecule has 2 saturated heterocycles. The van der Waals surface area contributed by atoms with Gasteiger partial charge in [0.1, 0.15) is 0 Å². The summed E-state index contributed by atoms with van der Waals surface area (Å²) >= 11 is 1.01. The Bertz CT molecular complexity index is 649. The Kier molecular flexibility index (Phi) is 6.04. The molecule has 10 heteroatoms. The van der Waals surface area contributed by atoms with Gasteiger partial charge in [0.05, 0.1) is 31.9 Å². The van der Waals surface area contributed by atoms with E-state index >= 15 is 0 Å². The molecule has 2 aliphatic heterocycles. The number of thioether (sulfide) groups is 1. The van der Waals surface area contributed by atoms with E-state index in [0.29, 0.717) is 6.54 Å². The number of rotatable bonds is 6. The molecule has 2 aliphatic rings. The first-order valence-electron chi connectivity index (χ1n) is 8.67. The number of carbonyl (C=O) groups is 3. The van der Waals surface area contributed by atoms with Crippen LogP contribution in [-0.2, 0) is 9.59 Å². The van der Waals surface area contributed by atoms with Crippen LogP contribution in [0.3, 0.4) is 0 Å². The summed E-state index contributed by atoms with van der Waals surface area (Å²) in [5, 5.41) is 2.60. The van der Waals surface area contributed by atoms with Crippen LogP contribution in [0.2, 0.25) is 0 Å². The fourth-order valence-electron chi connectivity index (χ4n) is 3.11. The lowest BCUT2D eigenvalue weighted by molar-refractivity contribution is -0.914. The Morgan fingerprint density at radius 2 is 2.00 bits per heavy atom. The van der Waals surface area contributed by atoms with E-state index in [9.17, 15) is 14.4 Å². The molecule has 2 fully saturated rings. The number of quaternary nitrogens is 1. The van der Waals surface area contributed by atoms with E-state index in [2.05, 4.69) is 20.2 Å². The van der Waals surface area contributed by atoms with Gasteiger partial charge in [-0.3, -0.25) is 19.3 Å². The van der Waals surface area contributed by atoms with Crippen molar-refractivity contribution in [2.24, 2.45) is 0 Å². The third-order valence-electron chi connectivity index (χ3n) is 4.72.